The maximum atomic E-state index is 11.4. The molecule has 0 aliphatic carbocycles. The quantitative estimate of drug-likeness (QED) is 0.792. The molecule has 5 nitrogen and oxygen atoms in total. The highest BCUT2D eigenvalue weighted by molar-refractivity contribution is 7.95. The van der Waals surface area contributed by atoms with Gasteiger partial charge >= 0.3 is 0 Å². The fourth-order valence-corrected chi connectivity index (χ4v) is 2.89. The van der Waals surface area contributed by atoms with E-state index in [9.17, 15) is 16.8 Å². The van der Waals surface area contributed by atoms with Gasteiger partial charge in [-0.15, -0.1) is 0 Å². The van der Waals surface area contributed by atoms with E-state index in [1.54, 1.807) is 0 Å². The third-order valence-corrected chi connectivity index (χ3v) is 3.94. The van der Waals surface area contributed by atoms with E-state index in [2.05, 4.69) is 12.6 Å². The minimum Gasteiger partial charge on any atom is -0.282 e. The second-order valence-electron chi connectivity index (χ2n) is 2.55. The summed E-state index contributed by atoms with van der Waals surface area (Å²) >= 11 is 0. The monoisotopic (exact) mass is 247 g/mol. The van der Waals surface area contributed by atoms with E-state index >= 15 is 0 Å². The average molecular weight is 247 g/mol. The van der Waals surface area contributed by atoms with Crippen molar-refractivity contribution >= 4 is 20.0 Å². The van der Waals surface area contributed by atoms with Crippen LogP contribution >= 0.6 is 0 Å². The van der Waals surface area contributed by atoms with Crippen molar-refractivity contribution in [1.82, 2.24) is 0 Å². The van der Waals surface area contributed by atoms with E-state index < -0.39 is 29.7 Å². The van der Waals surface area contributed by atoms with E-state index in [0.717, 1.165) is 6.07 Å². The molecule has 0 aliphatic rings. The Morgan fingerprint density at radius 3 is 2.40 bits per heavy atom. The highest BCUT2D eigenvalue weighted by Gasteiger charge is 2.22. The van der Waals surface area contributed by atoms with Crippen LogP contribution in [0.1, 0.15) is 0 Å². The summed E-state index contributed by atoms with van der Waals surface area (Å²) in [6.07, 6.45) is 0. The number of benzene rings is 1. The van der Waals surface area contributed by atoms with Crippen LogP contribution in [0.25, 0.3) is 0 Å². The molecule has 1 aromatic rings. The standard InChI is InChI=1S/C8H7O5S2/c1-2-14(9,10)7-5-3-4-6-8(7)15(11,12)13/h2-5H,1H2,(H,11,12,13). The lowest BCUT2D eigenvalue weighted by molar-refractivity contribution is 0.479. The molecule has 0 aromatic heterocycles. The van der Waals surface area contributed by atoms with Crippen molar-refractivity contribution in [3.63, 3.8) is 0 Å². The number of hydrogen-bond donors (Lipinski definition) is 1. The second-order valence-corrected chi connectivity index (χ2v) is 5.77. The van der Waals surface area contributed by atoms with Crippen molar-refractivity contribution in [2.45, 2.75) is 9.79 Å². The summed E-state index contributed by atoms with van der Waals surface area (Å²) in [7, 11) is -8.53. The normalized spacial score (nSPS) is 12.3. The first-order chi connectivity index (χ1) is 6.79. The van der Waals surface area contributed by atoms with Crippen LogP contribution in [-0.4, -0.2) is 21.4 Å². The molecule has 0 amide bonds. The van der Waals surface area contributed by atoms with Gasteiger partial charge in [0, 0.05) is 11.5 Å². The Bertz CT molecular complexity index is 583. The number of rotatable bonds is 3. The zero-order valence-electron chi connectivity index (χ0n) is 7.41. The summed E-state index contributed by atoms with van der Waals surface area (Å²) in [5.41, 5.74) is 0. The molecule has 1 aromatic carbocycles. The molecule has 0 aliphatic heterocycles. The van der Waals surface area contributed by atoms with E-state index in [0.29, 0.717) is 5.41 Å². The van der Waals surface area contributed by atoms with Crippen LogP contribution < -0.4 is 0 Å². The minimum absolute atomic E-state index is 0.539. The second kappa shape index (κ2) is 3.76. The van der Waals surface area contributed by atoms with Crippen molar-refractivity contribution in [2.24, 2.45) is 0 Å². The van der Waals surface area contributed by atoms with Gasteiger partial charge in [-0.1, -0.05) is 18.7 Å². The maximum Gasteiger partial charge on any atom is 0.296 e. The lowest BCUT2D eigenvalue weighted by Crippen LogP contribution is -2.06. The van der Waals surface area contributed by atoms with Gasteiger partial charge in [-0.3, -0.25) is 4.55 Å². The molecule has 81 valence electrons. The van der Waals surface area contributed by atoms with Crippen molar-refractivity contribution in [3.05, 3.63) is 36.3 Å². The molecule has 7 heteroatoms. The third kappa shape index (κ3) is 2.44. The van der Waals surface area contributed by atoms with Gasteiger partial charge in [0.25, 0.3) is 10.1 Å². The first kappa shape index (κ1) is 11.9. The lowest BCUT2D eigenvalue weighted by Gasteiger charge is -2.03. The zero-order valence-corrected chi connectivity index (χ0v) is 9.05. The summed E-state index contributed by atoms with van der Waals surface area (Å²) in [6.45, 7) is 3.05. The van der Waals surface area contributed by atoms with E-state index in [1.807, 2.05) is 0 Å². The van der Waals surface area contributed by atoms with Gasteiger partial charge in [-0.05, 0) is 6.07 Å². The Morgan fingerprint density at radius 1 is 1.33 bits per heavy atom. The summed E-state index contributed by atoms with van der Waals surface area (Å²) in [5, 5.41) is 0.602. The van der Waals surface area contributed by atoms with E-state index in [1.165, 1.54) is 12.1 Å². The summed E-state index contributed by atoms with van der Waals surface area (Å²) in [6, 6.07) is 5.69. The molecule has 1 rings (SSSR count). The Balaban J connectivity index is 3.66. The summed E-state index contributed by atoms with van der Waals surface area (Å²) < 4.78 is 53.2. The van der Waals surface area contributed by atoms with Gasteiger partial charge in [-0.2, -0.15) is 8.42 Å². The molecule has 1 radical (unpaired) electrons. The highest BCUT2D eigenvalue weighted by Crippen LogP contribution is 2.21. The van der Waals surface area contributed by atoms with Gasteiger partial charge in [0.1, 0.15) is 4.90 Å². The first-order valence-electron chi connectivity index (χ1n) is 3.65. The van der Waals surface area contributed by atoms with Crippen molar-refractivity contribution in [1.29, 1.82) is 0 Å². The van der Waals surface area contributed by atoms with Gasteiger partial charge in [-0.25, -0.2) is 8.42 Å². The molecule has 0 spiro atoms. The highest BCUT2D eigenvalue weighted by atomic mass is 32.2. The van der Waals surface area contributed by atoms with Crippen molar-refractivity contribution < 1.29 is 21.4 Å². The molecule has 0 saturated carbocycles. The largest absolute Gasteiger partial charge is 0.296 e. The van der Waals surface area contributed by atoms with Crippen molar-refractivity contribution in [2.75, 3.05) is 0 Å². The van der Waals surface area contributed by atoms with Crippen LogP contribution in [0.2, 0.25) is 0 Å². The van der Waals surface area contributed by atoms with E-state index in [-0.39, 0.29) is 0 Å². The van der Waals surface area contributed by atoms with Crippen LogP contribution in [0.5, 0.6) is 0 Å². The lowest BCUT2D eigenvalue weighted by atomic mass is 10.4. The Hall–Kier alpha value is -1.18. The van der Waals surface area contributed by atoms with Gasteiger partial charge < -0.3 is 0 Å². The van der Waals surface area contributed by atoms with E-state index in [4.69, 9.17) is 4.55 Å². The van der Waals surface area contributed by atoms with Crippen LogP contribution in [-0.2, 0) is 20.0 Å². The molecule has 0 fully saturated rings. The molecular formula is C8H7O5S2. The first-order valence-corrected chi connectivity index (χ1v) is 6.63. The topological polar surface area (TPSA) is 88.5 Å². The number of sulfone groups is 1. The third-order valence-electron chi connectivity index (χ3n) is 1.57. The summed E-state index contributed by atoms with van der Waals surface area (Å²) in [5.74, 6) is 0. The SMILES string of the molecule is C=CS(=O)(=O)c1ccc[c]c1S(=O)(=O)O. The average Bonchev–Trinajstić information content (AvgIpc) is 2.16. The molecule has 1 N–H and O–H groups in total. The number of hydrogen-bond acceptors (Lipinski definition) is 4. The molecule has 0 atom stereocenters. The fourth-order valence-electron chi connectivity index (χ4n) is 0.922. The van der Waals surface area contributed by atoms with Gasteiger partial charge in [0.05, 0.1) is 4.90 Å². The minimum atomic E-state index is -4.61. The Kier molecular flexibility index (Phi) is 2.98. The fraction of sp³-hybridized carbons (Fsp3) is 0. The molecule has 0 saturated heterocycles. The van der Waals surface area contributed by atoms with Crippen molar-refractivity contribution in [3.8, 4) is 0 Å². The van der Waals surface area contributed by atoms with Gasteiger partial charge in [0.2, 0.25) is 9.84 Å². The zero-order chi connectivity index (χ0) is 11.7. The van der Waals surface area contributed by atoms with Crippen LogP contribution in [0, 0.1) is 6.07 Å². The predicted octanol–water partition coefficient (Wildman–Crippen LogP) is 0.651. The molecule has 0 bridgehead atoms. The molecule has 0 heterocycles. The van der Waals surface area contributed by atoms with Crippen LogP contribution in [0.3, 0.4) is 0 Å². The van der Waals surface area contributed by atoms with Gasteiger partial charge in [0.15, 0.2) is 0 Å². The Morgan fingerprint density at radius 2 is 1.93 bits per heavy atom. The van der Waals surface area contributed by atoms with Crippen LogP contribution in [0.4, 0.5) is 0 Å². The molecule has 15 heavy (non-hydrogen) atoms. The smallest absolute Gasteiger partial charge is 0.282 e. The maximum absolute atomic E-state index is 11.4. The predicted molar refractivity (Wildman–Crippen MR) is 52.5 cm³/mol. The Labute approximate surface area is 87.7 Å². The van der Waals surface area contributed by atoms with Crippen LogP contribution in [0.15, 0.2) is 40.0 Å². The summed E-state index contributed by atoms with van der Waals surface area (Å²) in [4.78, 5) is -1.31. The molecule has 0 unspecified atom stereocenters. The molecular weight excluding hydrogens is 240 g/mol.